The molecule has 0 aliphatic carbocycles. The Bertz CT molecular complexity index is 855. The van der Waals surface area contributed by atoms with Crippen molar-refractivity contribution < 1.29 is 33.6 Å². The van der Waals surface area contributed by atoms with Gasteiger partial charge in [-0.25, -0.2) is 4.79 Å². The quantitative estimate of drug-likeness (QED) is 0.534. The summed E-state index contributed by atoms with van der Waals surface area (Å²) in [7, 11) is 4.56. The molecule has 1 N–H and O–H groups in total. The highest BCUT2D eigenvalue weighted by Crippen LogP contribution is 2.35. The Kier molecular flexibility index (Phi) is 6.82. The molecular formula is C20H20O7. The first-order valence-electron chi connectivity index (χ1n) is 7.95. The summed E-state index contributed by atoms with van der Waals surface area (Å²) < 4.78 is 20.9. The monoisotopic (exact) mass is 372 g/mol. The molecule has 0 radical (unpaired) electrons. The molecule has 0 aliphatic heterocycles. The largest absolute Gasteiger partial charge is 0.496 e. The Morgan fingerprint density at radius 1 is 0.963 bits per heavy atom. The van der Waals surface area contributed by atoms with E-state index in [0.717, 1.165) is 0 Å². The maximum atomic E-state index is 12.4. The van der Waals surface area contributed by atoms with Gasteiger partial charge >= 0.3 is 5.97 Å². The van der Waals surface area contributed by atoms with Gasteiger partial charge in [0.1, 0.15) is 11.5 Å². The number of carbonyl (C=O) groups excluding carboxylic acids is 1. The first kappa shape index (κ1) is 19.8. The molecule has 0 heterocycles. The van der Waals surface area contributed by atoms with Gasteiger partial charge in [0, 0.05) is 17.2 Å². The lowest BCUT2D eigenvalue weighted by atomic mass is 10.1. The molecule has 7 nitrogen and oxygen atoms in total. The van der Waals surface area contributed by atoms with Crippen LogP contribution in [-0.4, -0.2) is 44.8 Å². The average Bonchev–Trinajstić information content (AvgIpc) is 2.69. The normalized spacial score (nSPS) is 10.5. The second-order valence-corrected chi connectivity index (χ2v) is 5.36. The van der Waals surface area contributed by atoms with E-state index in [-0.39, 0.29) is 5.78 Å². The van der Waals surface area contributed by atoms with Crippen molar-refractivity contribution in [3.05, 3.63) is 53.6 Å². The van der Waals surface area contributed by atoms with Gasteiger partial charge in [-0.1, -0.05) is 12.1 Å². The number of benzene rings is 2. The number of allylic oxidation sites excluding steroid dienone is 1. The van der Waals surface area contributed by atoms with Crippen LogP contribution in [0.4, 0.5) is 0 Å². The third-order valence-corrected chi connectivity index (χ3v) is 3.63. The Morgan fingerprint density at radius 2 is 1.63 bits per heavy atom. The van der Waals surface area contributed by atoms with E-state index in [2.05, 4.69) is 0 Å². The smallest absolute Gasteiger partial charge is 0.341 e. The summed E-state index contributed by atoms with van der Waals surface area (Å²) in [4.78, 5) is 23.0. The van der Waals surface area contributed by atoms with E-state index >= 15 is 0 Å². The molecule has 2 aromatic rings. The highest BCUT2D eigenvalue weighted by molar-refractivity contribution is 6.07. The highest BCUT2D eigenvalue weighted by Gasteiger charge is 2.11. The summed E-state index contributed by atoms with van der Waals surface area (Å²) in [5.74, 6) is 0.492. The zero-order valence-electron chi connectivity index (χ0n) is 15.2. The Morgan fingerprint density at radius 3 is 2.26 bits per heavy atom. The van der Waals surface area contributed by atoms with Crippen molar-refractivity contribution in [2.24, 2.45) is 0 Å². The molecule has 0 atom stereocenters. The molecule has 142 valence electrons. The predicted octanol–water partition coefficient (Wildman–Crippen LogP) is 3.07. The number of hydrogen-bond acceptors (Lipinski definition) is 6. The standard InChI is InChI=1S/C20H20O7/c1-24-17-11-19(26-3)18(25-2)10-14(17)7-8-16(21)13-5-4-6-15(9-13)27-12-20(22)23/h4-11H,12H2,1-3H3,(H,22,23). The maximum Gasteiger partial charge on any atom is 0.341 e. The Balaban J connectivity index is 2.23. The third-order valence-electron chi connectivity index (χ3n) is 3.63. The average molecular weight is 372 g/mol. The lowest BCUT2D eigenvalue weighted by Crippen LogP contribution is -2.09. The number of hydrogen-bond donors (Lipinski definition) is 1. The van der Waals surface area contributed by atoms with E-state index in [4.69, 9.17) is 24.1 Å². The van der Waals surface area contributed by atoms with Crippen LogP contribution in [0.25, 0.3) is 6.08 Å². The minimum Gasteiger partial charge on any atom is -0.496 e. The van der Waals surface area contributed by atoms with Crippen molar-refractivity contribution in [1.29, 1.82) is 0 Å². The fourth-order valence-electron chi connectivity index (χ4n) is 2.33. The van der Waals surface area contributed by atoms with Crippen LogP contribution in [0.1, 0.15) is 15.9 Å². The zero-order chi connectivity index (χ0) is 19.8. The second kappa shape index (κ2) is 9.28. The summed E-state index contributed by atoms with van der Waals surface area (Å²) in [5, 5.41) is 8.66. The summed E-state index contributed by atoms with van der Waals surface area (Å²) >= 11 is 0. The number of carbonyl (C=O) groups is 2. The van der Waals surface area contributed by atoms with Crippen molar-refractivity contribution in [3.8, 4) is 23.0 Å². The topological polar surface area (TPSA) is 91.3 Å². The lowest BCUT2D eigenvalue weighted by Gasteiger charge is -2.12. The van der Waals surface area contributed by atoms with Gasteiger partial charge in [-0.15, -0.1) is 0 Å². The van der Waals surface area contributed by atoms with Crippen molar-refractivity contribution >= 4 is 17.8 Å². The van der Waals surface area contributed by atoms with Gasteiger partial charge in [0.05, 0.1) is 21.3 Å². The van der Waals surface area contributed by atoms with E-state index in [0.29, 0.717) is 34.1 Å². The van der Waals surface area contributed by atoms with Crippen LogP contribution in [0.15, 0.2) is 42.5 Å². The van der Waals surface area contributed by atoms with Crippen LogP contribution in [0, 0.1) is 0 Å². The number of ether oxygens (including phenoxy) is 4. The van der Waals surface area contributed by atoms with Crippen molar-refractivity contribution in [2.75, 3.05) is 27.9 Å². The minimum atomic E-state index is -1.09. The van der Waals surface area contributed by atoms with Gasteiger partial charge < -0.3 is 24.1 Å². The van der Waals surface area contributed by atoms with E-state index in [9.17, 15) is 9.59 Å². The number of methoxy groups -OCH3 is 3. The summed E-state index contributed by atoms with van der Waals surface area (Å²) in [6.45, 7) is -0.476. The van der Waals surface area contributed by atoms with Gasteiger partial charge in [0.15, 0.2) is 23.9 Å². The maximum absolute atomic E-state index is 12.4. The van der Waals surface area contributed by atoms with Crippen LogP contribution < -0.4 is 18.9 Å². The molecule has 0 spiro atoms. The van der Waals surface area contributed by atoms with Crippen LogP contribution in [0.3, 0.4) is 0 Å². The number of carboxylic acids is 1. The number of ketones is 1. The predicted molar refractivity (Wildman–Crippen MR) is 99.0 cm³/mol. The lowest BCUT2D eigenvalue weighted by molar-refractivity contribution is -0.139. The molecule has 7 heteroatoms. The highest BCUT2D eigenvalue weighted by atomic mass is 16.5. The van der Waals surface area contributed by atoms with Crippen molar-refractivity contribution in [3.63, 3.8) is 0 Å². The van der Waals surface area contributed by atoms with Crippen LogP contribution in [-0.2, 0) is 4.79 Å². The molecule has 0 saturated heterocycles. The summed E-state index contributed by atoms with van der Waals surface area (Å²) in [5.41, 5.74) is 1.01. The molecule has 0 fully saturated rings. The first-order chi connectivity index (χ1) is 13.0. The van der Waals surface area contributed by atoms with E-state index < -0.39 is 12.6 Å². The van der Waals surface area contributed by atoms with Gasteiger partial charge in [-0.3, -0.25) is 4.79 Å². The van der Waals surface area contributed by atoms with Gasteiger partial charge in [0.2, 0.25) is 0 Å². The number of aliphatic carboxylic acids is 1. The van der Waals surface area contributed by atoms with Crippen LogP contribution in [0.5, 0.6) is 23.0 Å². The molecule has 2 rings (SSSR count). The SMILES string of the molecule is COc1cc(OC)c(OC)cc1C=CC(=O)c1cccc(OCC(=O)O)c1. The molecule has 0 aromatic heterocycles. The van der Waals surface area contributed by atoms with Crippen molar-refractivity contribution in [1.82, 2.24) is 0 Å². The molecule has 0 saturated carbocycles. The van der Waals surface area contributed by atoms with E-state index in [1.54, 1.807) is 36.4 Å². The van der Waals surface area contributed by atoms with E-state index in [1.807, 2.05) is 0 Å². The van der Waals surface area contributed by atoms with Crippen LogP contribution in [0.2, 0.25) is 0 Å². The zero-order valence-corrected chi connectivity index (χ0v) is 15.2. The molecule has 0 aliphatic rings. The molecular weight excluding hydrogens is 352 g/mol. The summed E-state index contributed by atoms with van der Waals surface area (Å²) in [6, 6.07) is 9.68. The van der Waals surface area contributed by atoms with Gasteiger partial charge in [-0.05, 0) is 30.4 Å². The molecule has 2 aromatic carbocycles. The van der Waals surface area contributed by atoms with Crippen LogP contribution >= 0.6 is 0 Å². The Labute approximate surface area is 156 Å². The minimum absolute atomic E-state index is 0.271. The fourth-order valence-corrected chi connectivity index (χ4v) is 2.33. The molecule has 0 bridgehead atoms. The third kappa shape index (κ3) is 5.24. The molecule has 27 heavy (non-hydrogen) atoms. The fraction of sp³-hybridized carbons (Fsp3) is 0.200. The second-order valence-electron chi connectivity index (χ2n) is 5.36. The first-order valence-corrected chi connectivity index (χ1v) is 7.95. The number of rotatable bonds is 9. The van der Waals surface area contributed by atoms with Gasteiger partial charge in [-0.2, -0.15) is 0 Å². The van der Waals surface area contributed by atoms with E-state index in [1.165, 1.54) is 33.5 Å². The summed E-state index contributed by atoms with van der Waals surface area (Å²) in [6.07, 6.45) is 2.99. The number of carboxylic acid groups (broad SMARTS) is 1. The molecule has 0 unspecified atom stereocenters. The molecule has 0 amide bonds. The Hall–Kier alpha value is -3.48. The van der Waals surface area contributed by atoms with Gasteiger partial charge in [0.25, 0.3) is 0 Å². The van der Waals surface area contributed by atoms with Crippen molar-refractivity contribution in [2.45, 2.75) is 0 Å².